The quantitative estimate of drug-likeness (QED) is 0.781. The fourth-order valence-electron chi connectivity index (χ4n) is 3.38. The maximum Gasteiger partial charge on any atom is 0.237 e. The number of benzene rings is 2. The first-order valence-electron chi connectivity index (χ1n) is 7.94. The van der Waals surface area contributed by atoms with Crippen molar-refractivity contribution in [2.45, 2.75) is 26.2 Å². The van der Waals surface area contributed by atoms with Crippen LogP contribution in [0.3, 0.4) is 0 Å². The smallest absolute Gasteiger partial charge is 0.237 e. The van der Waals surface area contributed by atoms with E-state index in [-0.39, 0.29) is 5.91 Å². The summed E-state index contributed by atoms with van der Waals surface area (Å²) in [7, 11) is 0. The first-order chi connectivity index (χ1) is 11.0. The number of rotatable bonds is 2. The molecule has 0 atom stereocenters. The van der Waals surface area contributed by atoms with Crippen LogP contribution < -0.4 is 4.90 Å². The number of nitrogens with one attached hydrogen (secondary N) is 1. The Labute approximate surface area is 135 Å². The van der Waals surface area contributed by atoms with Crippen LogP contribution in [0.5, 0.6) is 0 Å². The highest BCUT2D eigenvalue weighted by Gasteiger charge is 2.43. The summed E-state index contributed by atoms with van der Waals surface area (Å²) in [6.07, 6.45) is 0. The topological polar surface area (TPSA) is 49.0 Å². The van der Waals surface area contributed by atoms with Gasteiger partial charge in [-0.05, 0) is 56.7 Å². The summed E-state index contributed by atoms with van der Waals surface area (Å²) in [6.45, 7) is 6.69. The summed E-state index contributed by atoms with van der Waals surface area (Å²) in [5.74, 6) is 1.00. The van der Waals surface area contributed by atoms with Crippen molar-refractivity contribution < 1.29 is 4.79 Å². The molecular formula is C19H19N3O. The lowest BCUT2D eigenvalue weighted by molar-refractivity contribution is -0.122. The largest absolute Gasteiger partial charge is 0.338 e. The number of H-pyrrole nitrogens is 1. The number of aromatic amines is 1. The fourth-order valence-corrected chi connectivity index (χ4v) is 3.38. The molecule has 0 saturated carbocycles. The fraction of sp³-hybridized carbons (Fsp3) is 0.263. The molecule has 0 aliphatic carbocycles. The van der Waals surface area contributed by atoms with E-state index in [1.54, 1.807) is 0 Å². The van der Waals surface area contributed by atoms with E-state index in [4.69, 9.17) is 0 Å². The first-order valence-corrected chi connectivity index (χ1v) is 7.94. The average Bonchev–Trinajstić information content (AvgIpc) is 3.06. The van der Waals surface area contributed by atoms with Gasteiger partial charge in [0.2, 0.25) is 5.91 Å². The minimum Gasteiger partial charge on any atom is -0.338 e. The van der Waals surface area contributed by atoms with Crippen molar-refractivity contribution in [1.29, 1.82) is 0 Å². The Balaban J connectivity index is 1.87. The van der Waals surface area contributed by atoms with Crippen LogP contribution in [0, 0.1) is 0 Å². The Bertz CT molecular complexity index is 890. The number of para-hydroxylation sites is 2. The average molecular weight is 305 g/mol. The van der Waals surface area contributed by atoms with Crippen LogP contribution in [0.4, 0.5) is 5.69 Å². The summed E-state index contributed by atoms with van der Waals surface area (Å²) >= 11 is 0. The lowest BCUT2D eigenvalue weighted by Gasteiger charge is -2.18. The van der Waals surface area contributed by atoms with Gasteiger partial charge in [0.05, 0.1) is 16.4 Å². The molecule has 116 valence electrons. The Hall–Kier alpha value is -2.62. The zero-order valence-electron chi connectivity index (χ0n) is 13.6. The molecule has 1 aliphatic rings. The second-order valence-corrected chi connectivity index (χ2v) is 6.51. The summed E-state index contributed by atoms with van der Waals surface area (Å²) in [5.41, 5.74) is 4.58. The predicted molar refractivity (Wildman–Crippen MR) is 92.6 cm³/mol. The van der Waals surface area contributed by atoms with E-state index < -0.39 is 5.41 Å². The van der Waals surface area contributed by atoms with Crippen LogP contribution in [0.15, 0.2) is 42.5 Å². The molecule has 0 radical (unpaired) electrons. The number of anilines is 1. The highest BCUT2D eigenvalue weighted by atomic mass is 16.2. The minimum absolute atomic E-state index is 0.164. The highest BCUT2D eigenvalue weighted by Crippen LogP contribution is 2.43. The first kappa shape index (κ1) is 14.0. The molecule has 1 aromatic heterocycles. The number of carbonyl (C=O) groups is 1. The van der Waals surface area contributed by atoms with Gasteiger partial charge in [-0.3, -0.25) is 4.79 Å². The van der Waals surface area contributed by atoms with Gasteiger partial charge >= 0.3 is 0 Å². The van der Waals surface area contributed by atoms with E-state index in [0.29, 0.717) is 6.54 Å². The van der Waals surface area contributed by atoms with E-state index in [0.717, 1.165) is 33.7 Å². The van der Waals surface area contributed by atoms with Gasteiger partial charge in [-0.1, -0.05) is 12.1 Å². The summed E-state index contributed by atoms with van der Waals surface area (Å²) in [6, 6.07) is 14.2. The van der Waals surface area contributed by atoms with Gasteiger partial charge in [0, 0.05) is 17.8 Å². The molecule has 0 bridgehead atoms. The van der Waals surface area contributed by atoms with E-state index in [1.807, 2.05) is 62.1 Å². The van der Waals surface area contributed by atoms with Crippen LogP contribution >= 0.6 is 0 Å². The van der Waals surface area contributed by atoms with Gasteiger partial charge < -0.3 is 9.88 Å². The highest BCUT2D eigenvalue weighted by molar-refractivity contribution is 6.08. The number of hydrogen-bond acceptors (Lipinski definition) is 2. The summed E-state index contributed by atoms with van der Waals surface area (Å²) in [4.78, 5) is 22.5. The normalized spacial score (nSPS) is 16.1. The molecule has 0 spiro atoms. The summed E-state index contributed by atoms with van der Waals surface area (Å²) in [5, 5.41) is 0. The molecule has 1 N–H and O–H groups in total. The van der Waals surface area contributed by atoms with E-state index in [2.05, 4.69) is 16.0 Å². The zero-order valence-corrected chi connectivity index (χ0v) is 13.6. The zero-order chi connectivity index (χ0) is 16.2. The molecule has 0 saturated heterocycles. The standard InChI is InChI=1S/C19H19N3O/c1-4-22-16-10-9-12(11-13(16)19(2,3)18(22)23)17-20-14-7-5-6-8-15(14)21-17/h5-11H,4H2,1-3H3,(H,20,21). The molecule has 4 heteroatoms. The Kier molecular flexibility index (Phi) is 2.85. The van der Waals surface area contributed by atoms with Crippen LogP contribution in [-0.2, 0) is 10.2 Å². The Morgan fingerprint density at radius 2 is 1.96 bits per heavy atom. The van der Waals surface area contributed by atoms with Gasteiger partial charge in [-0.15, -0.1) is 0 Å². The van der Waals surface area contributed by atoms with Crippen molar-refractivity contribution in [2.75, 3.05) is 11.4 Å². The SMILES string of the molecule is CCN1C(=O)C(C)(C)c2cc(-c3nc4ccccc4[nH]3)ccc21. The van der Waals surface area contributed by atoms with Crippen LogP contribution in [0.2, 0.25) is 0 Å². The number of imidazole rings is 1. The predicted octanol–water partition coefficient (Wildman–Crippen LogP) is 3.87. The molecule has 0 unspecified atom stereocenters. The van der Waals surface area contributed by atoms with Crippen molar-refractivity contribution in [3.8, 4) is 11.4 Å². The van der Waals surface area contributed by atoms with Gasteiger partial charge in [0.15, 0.2) is 0 Å². The van der Waals surface area contributed by atoms with Gasteiger partial charge in [0.25, 0.3) is 0 Å². The number of hydrogen-bond donors (Lipinski definition) is 1. The Morgan fingerprint density at radius 1 is 1.17 bits per heavy atom. The molecule has 4 nitrogen and oxygen atoms in total. The second-order valence-electron chi connectivity index (χ2n) is 6.51. The van der Waals surface area contributed by atoms with Crippen molar-refractivity contribution in [1.82, 2.24) is 9.97 Å². The number of nitrogens with zero attached hydrogens (tertiary/aromatic N) is 2. The molecule has 2 aromatic carbocycles. The van der Waals surface area contributed by atoms with Crippen molar-refractivity contribution in [3.05, 3.63) is 48.0 Å². The lowest BCUT2D eigenvalue weighted by Crippen LogP contribution is -2.35. The number of amides is 1. The third kappa shape index (κ3) is 1.91. The third-order valence-corrected chi connectivity index (χ3v) is 4.72. The maximum atomic E-state index is 12.6. The molecule has 2 heterocycles. The van der Waals surface area contributed by atoms with Gasteiger partial charge in [0.1, 0.15) is 5.82 Å². The van der Waals surface area contributed by atoms with Crippen molar-refractivity contribution in [2.24, 2.45) is 0 Å². The van der Waals surface area contributed by atoms with Crippen molar-refractivity contribution >= 4 is 22.6 Å². The van der Waals surface area contributed by atoms with Crippen LogP contribution in [0.25, 0.3) is 22.4 Å². The lowest BCUT2D eigenvalue weighted by atomic mass is 9.85. The molecule has 23 heavy (non-hydrogen) atoms. The Morgan fingerprint density at radius 3 is 2.70 bits per heavy atom. The van der Waals surface area contributed by atoms with Crippen molar-refractivity contribution in [3.63, 3.8) is 0 Å². The van der Waals surface area contributed by atoms with E-state index in [9.17, 15) is 4.79 Å². The minimum atomic E-state index is -0.493. The summed E-state index contributed by atoms with van der Waals surface area (Å²) < 4.78 is 0. The monoisotopic (exact) mass is 305 g/mol. The molecule has 3 aromatic rings. The molecule has 0 fully saturated rings. The third-order valence-electron chi connectivity index (χ3n) is 4.72. The molecular weight excluding hydrogens is 286 g/mol. The molecule has 1 aliphatic heterocycles. The van der Waals surface area contributed by atoms with Crippen LogP contribution in [-0.4, -0.2) is 22.4 Å². The van der Waals surface area contributed by atoms with E-state index in [1.165, 1.54) is 0 Å². The van der Waals surface area contributed by atoms with E-state index >= 15 is 0 Å². The number of carbonyl (C=O) groups excluding carboxylic acids is 1. The number of likely N-dealkylation sites (N-methyl/N-ethyl adjacent to an activating group) is 1. The van der Waals surface area contributed by atoms with Gasteiger partial charge in [-0.2, -0.15) is 0 Å². The van der Waals surface area contributed by atoms with Gasteiger partial charge in [-0.25, -0.2) is 4.98 Å². The molecule has 4 rings (SSSR count). The molecule has 1 amide bonds. The van der Waals surface area contributed by atoms with Crippen LogP contribution in [0.1, 0.15) is 26.3 Å². The maximum absolute atomic E-state index is 12.6. The second kappa shape index (κ2) is 4.69. The number of aromatic nitrogens is 2. The number of fused-ring (bicyclic) bond motifs is 2.